The highest BCUT2D eigenvalue weighted by molar-refractivity contribution is 5.90. The van der Waals surface area contributed by atoms with Crippen LogP contribution in [0.4, 0.5) is 16.2 Å². The van der Waals surface area contributed by atoms with Crippen molar-refractivity contribution in [1.29, 1.82) is 0 Å². The number of urea groups is 1. The van der Waals surface area contributed by atoms with Gasteiger partial charge in [0, 0.05) is 24.5 Å². The summed E-state index contributed by atoms with van der Waals surface area (Å²) in [5, 5.41) is 2.87. The van der Waals surface area contributed by atoms with E-state index in [9.17, 15) is 4.79 Å². The summed E-state index contributed by atoms with van der Waals surface area (Å²) >= 11 is 0. The van der Waals surface area contributed by atoms with Crippen LogP contribution in [0.15, 0.2) is 18.2 Å². The van der Waals surface area contributed by atoms with E-state index in [1.54, 1.807) is 11.0 Å². The topological polar surface area (TPSA) is 58.4 Å². The van der Waals surface area contributed by atoms with Gasteiger partial charge in [-0.15, -0.1) is 0 Å². The van der Waals surface area contributed by atoms with Crippen molar-refractivity contribution in [2.24, 2.45) is 0 Å². The van der Waals surface area contributed by atoms with Gasteiger partial charge in [0.1, 0.15) is 0 Å². The molecular weight excluding hydrogens is 202 g/mol. The molecule has 4 nitrogen and oxygen atoms in total. The smallest absolute Gasteiger partial charge is 0.321 e. The Morgan fingerprint density at radius 1 is 1.38 bits per heavy atom. The molecule has 0 saturated heterocycles. The lowest BCUT2D eigenvalue weighted by Gasteiger charge is -2.20. The van der Waals surface area contributed by atoms with Gasteiger partial charge in [0.05, 0.1) is 0 Å². The molecule has 0 bridgehead atoms. The zero-order chi connectivity index (χ0) is 12.1. The number of aryl methyl sites for hydroxylation is 1. The van der Waals surface area contributed by atoms with Crippen molar-refractivity contribution in [3.63, 3.8) is 0 Å². The van der Waals surface area contributed by atoms with Gasteiger partial charge in [-0.2, -0.15) is 0 Å². The van der Waals surface area contributed by atoms with Crippen LogP contribution in [0.1, 0.15) is 19.4 Å². The number of nitrogens with zero attached hydrogens (tertiary/aromatic N) is 1. The van der Waals surface area contributed by atoms with Gasteiger partial charge in [-0.3, -0.25) is 0 Å². The highest BCUT2D eigenvalue weighted by Gasteiger charge is 2.10. The maximum atomic E-state index is 11.8. The highest BCUT2D eigenvalue weighted by Crippen LogP contribution is 2.17. The second-order valence-electron chi connectivity index (χ2n) is 3.68. The Kier molecular flexibility index (Phi) is 4.17. The van der Waals surface area contributed by atoms with Crippen molar-refractivity contribution in [2.45, 2.75) is 20.8 Å². The first-order valence-electron chi connectivity index (χ1n) is 5.50. The molecule has 0 aliphatic carbocycles. The minimum atomic E-state index is -0.0714. The molecule has 0 unspecified atom stereocenters. The van der Waals surface area contributed by atoms with E-state index in [1.165, 1.54) is 0 Å². The van der Waals surface area contributed by atoms with Crippen LogP contribution < -0.4 is 11.1 Å². The van der Waals surface area contributed by atoms with E-state index in [1.807, 2.05) is 32.9 Å². The fraction of sp³-hybridized carbons (Fsp3) is 0.417. The minimum Gasteiger partial charge on any atom is -0.399 e. The van der Waals surface area contributed by atoms with E-state index in [2.05, 4.69) is 5.32 Å². The number of hydrogen-bond acceptors (Lipinski definition) is 2. The monoisotopic (exact) mass is 221 g/mol. The number of hydrogen-bond donors (Lipinski definition) is 2. The van der Waals surface area contributed by atoms with Gasteiger partial charge in [-0.05, 0) is 44.5 Å². The third-order valence-corrected chi connectivity index (χ3v) is 2.54. The number of nitrogens with two attached hydrogens (primary N) is 1. The molecule has 0 atom stereocenters. The molecule has 4 heteroatoms. The summed E-state index contributed by atoms with van der Waals surface area (Å²) in [5.74, 6) is 0. The molecular formula is C12H19N3O. The van der Waals surface area contributed by atoms with Crippen LogP contribution in [-0.2, 0) is 0 Å². The fourth-order valence-corrected chi connectivity index (χ4v) is 1.53. The average molecular weight is 221 g/mol. The summed E-state index contributed by atoms with van der Waals surface area (Å²) in [6.45, 7) is 7.25. The standard InChI is InChI=1S/C12H19N3O/c1-4-15(5-2)12(16)14-11-7-6-10(13)8-9(11)3/h6-8H,4-5,13H2,1-3H3,(H,14,16). The number of amides is 2. The van der Waals surface area contributed by atoms with Crippen molar-refractivity contribution in [2.75, 3.05) is 24.1 Å². The molecule has 2 amide bonds. The first-order chi connectivity index (χ1) is 7.58. The summed E-state index contributed by atoms with van der Waals surface area (Å²) in [5.41, 5.74) is 8.14. The molecule has 1 aromatic rings. The second-order valence-corrected chi connectivity index (χ2v) is 3.68. The number of nitrogens with one attached hydrogen (secondary N) is 1. The van der Waals surface area contributed by atoms with Crippen LogP contribution in [0.2, 0.25) is 0 Å². The van der Waals surface area contributed by atoms with Crippen molar-refractivity contribution in [3.05, 3.63) is 23.8 Å². The maximum absolute atomic E-state index is 11.8. The summed E-state index contributed by atoms with van der Waals surface area (Å²) in [7, 11) is 0. The molecule has 3 N–H and O–H groups in total. The van der Waals surface area contributed by atoms with Crippen LogP contribution in [0, 0.1) is 6.92 Å². The molecule has 0 aliphatic rings. The first-order valence-corrected chi connectivity index (χ1v) is 5.50. The van der Waals surface area contributed by atoms with E-state index in [0.29, 0.717) is 18.8 Å². The largest absolute Gasteiger partial charge is 0.399 e. The van der Waals surface area contributed by atoms with E-state index in [0.717, 1.165) is 11.3 Å². The number of nitrogen functional groups attached to an aromatic ring is 1. The summed E-state index contributed by atoms with van der Waals surface area (Å²) < 4.78 is 0. The molecule has 0 aromatic heterocycles. The number of benzene rings is 1. The Labute approximate surface area is 96.4 Å². The lowest BCUT2D eigenvalue weighted by molar-refractivity contribution is 0.217. The van der Waals surface area contributed by atoms with Gasteiger partial charge < -0.3 is 16.0 Å². The lowest BCUT2D eigenvalue weighted by Crippen LogP contribution is -2.34. The van der Waals surface area contributed by atoms with E-state index in [4.69, 9.17) is 5.73 Å². The van der Waals surface area contributed by atoms with E-state index < -0.39 is 0 Å². The Bertz CT molecular complexity index is 373. The van der Waals surface area contributed by atoms with Crippen LogP contribution >= 0.6 is 0 Å². The molecule has 1 aromatic carbocycles. The molecule has 0 heterocycles. The van der Waals surface area contributed by atoms with Gasteiger partial charge >= 0.3 is 6.03 Å². The first kappa shape index (κ1) is 12.4. The van der Waals surface area contributed by atoms with Crippen molar-refractivity contribution >= 4 is 17.4 Å². The van der Waals surface area contributed by atoms with Gasteiger partial charge in [-0.1, -0.05) is 0 Å². The number of anilines is 2. The van der Waals surface area contributed by atoms with E-state index in [-0.39, 0.29) is 6.03 Å². The van der Waals surface area contributed by atoms with E-state index >= 15 is 0 Å². The molecule has 0 saturated carbocycles. The van der Waals surface area contributed by atoms with Crippen molar-refractivity contribution < 1.29 is 4.79 Å². The molecule has 0 spiro atoms. The van der Waals surface area contributed by atoms with Crippen LogP contribution in [0.5, 0.6) is 0 Å². The Balaban J connectivity index is 2.76. The number of carbonyl (C=O) groups excluding carboxylic acids is 1. The quantitative estimate of drug-likeness (QED) is 0.770. The number of carbonyl (C=O) groups is 1. The molecule has 0 fully saturated rings. The zero-order valence-corrected chi connectivity index (χ0v) is 10.1. The molecule has 0 radical (unpaired) electrons. The second kappa shape index (κ2) is 5.39. The third-order valence-electron chi connectivity index (χ3n) is 2.54. The predicted octanol–water partition coefficient (Wildman–Crippen LogP) is 2.45. The zero-order valence-electron chi connectivity index (χ0n) is 10.1. The van der Waals surface area contributed by atoms with Gasteiger partial charge in [0.2, 0.25) is 0 Å². The van der Waals surface area contributed by atoms with Crippen molar-refractivity contribution in [3.8, 4) is 0 Å². The lowest BCUT2D eigenvalue weighted by atomic mass is 10.2. The fourth-order valence-electron chi connectivity index (χ4n) is 1.53. The van der Waals surface area contributed by atoms with Crippen molar-refractivity contribution in [1.82, 2.24) is 4.90 Å². The SMILES string of the molecule is CCN(CC)C(=O)Nc1ccc(N)cc1C. The maximum Gasteiger partial charge on any atom is 0.321 e. The van der Waals surface area contributed by atoms with Crippen LogP contribution in [0.3, 0.4) is 0 Å². The van der Waals surface area contributed by atoms with Crippen LogP contribution in [-0.4, -0.2) is 24.0 Å². The molecule has 0 aliphatic heterocycles. The predicted molar refractivity (Wildman–Crippen MR) is 67.5 cm³/mol. The third kappa shape index (κ3) is 2.89. The highest BCUT2D eigenvalue weighted by atomic mass is 16.2. The molecule has 16 heavy (non-hydrogen) atoms. The minimum absolute atomic E-state index is 0.0714. The number of rotatable bonds is 3. The Morgan fingerprint density at radius 3 is 2.50 bits per heavy atom. The summed E-state index contributed by atoms with van der Waals surface area (Å²) in [6.07, 6.45) is 0. The Morgan fingerprint density at radius 2 is 2.00 bits per heavy atom. The molecule has 88 valence electrons. The Hall–Kier alpha value is -1.71. The van der Waals surface area contributed by atoms with Crippen LogP contribution in [0.25, 0.3) is 0 Å². The molecule has 1 rings (SSSR count). The normalized spacial score (nSPS) is 9.94. The average Bonchev–Trinajstić information content (AvgIpc) is 2.24. The van der Waals surface area contributed by atoms with Gasteiger partial charge in [0.25, 0.3) is 0 Å². The van der Waals surface area contributed by atoms with Gasteiger partial charge in [0.15, 0.2) is 0 Å². The van der Waals surface area contributed by atoms with Gasteiger partial charge in [-0.25, -0.2) is 4.79 Å². The summed E-state index contributed by atoms with van der Waals surface area (Å²) in [4.78, 5) is 13.5. The summed E-state index contributed by atoms with van der Waals surface area (Å²) in [6, 6.07) is 5.38.